The van der Waals surface area contributed by atoms with E-state index in [0.717, 1.165) is 6.08 Å². The molecule has 0 bridgehead atoms. The Labute approximate surface area is 64.5 Å². The Morgan fingerprint density at radius 3 is 2.55 bits per heavy atom. The topological polar surface area (TPSA) is 55.4 Å². The molecule has 0 aliphatic carbocycles. The molecular formula is C7H9NO3. The third kappa shape index (κ3) is 3.91. The lowest BCUT2D eigenvalue weighted by Gasteiger charge is -2.09. The van der Waals surface area contributed by atoms with E-state index in [2.05, 4.69) is 23.2 Å². The van der Waals surface area contributed by atoms with Gasteiger partial charge in [0.1, 0.15) is 0 Å². The Balaban J connectivity index is 3.85. The highest BCUT2D eigenvalue weighted by Gasteiger charge is 2.04. The molecule has 1 N–H and O–H groups in total. The zero-order chi connectivity index (χ0) is 8.69. The Morgan fingerprint density at radius 1 is 1.55 bits per heavy atom. The zero-order valence-electron chi connectivity index (χ0n) is 5.95. The quantitative estimate of drug-likeness (QED) is 0.199. The highest BCUT2D eigenvalue weighted by Crippen LogP contribution is 1.88. The molecule has 0 heterocycles. The maximum Gasteiger partial charge on any atom is 0.332 e. The van der Waals surface area contributed by atoms with Gasteiger partial charge in [-0.25, -0.2) is 4.79 Å². The molecule has 0 rings (SSSR count). The Bertz CT molecular complexity index is 177. The normalized spacial score (nSPS) is 10.9. The van der Waals surface area contributed by atoms with E-state index in [1.807, 2.05) is 0 Å². The third-order valence-corrected chi connectivity index (χ3v) is 0.856. The smallest absolute Gasteiger partial charge is 0.332 e. The molecule has 0 aromatic rings. The van der Waals surface area contributed by atoms with E-state index in [1.165, 1.54) is 6.08 Å². The van der Waals surface area contributed by atoms with E-state index < -0.39 is 12.2 Å². The summed E-state index contributed by atoms with van der Waals surface area (Å²) in [6.45, 7) is 6.52. The van der Waals surface area contributed by atoms with E-state index >= 15 is 0 Å². The van der Waals surface area contributed by atoms with Gasteiger partial charge in [0.05, 0.1) is 0 Å². The molecule has 11 heavy (non-hydrogen) atoms. The first kappa shape index (κ1) is 9.42. The first-order chi connectivity index (χ1) is 5.24. The summed E-state index contributed by atoms with van der Waals surface area (Å²) >= 11 is 0. The van der Waals surface area contributed by atoms with Crippen LogP contribution < -0.4 is 5.32 Å². The predicted octanol–water partition coefficient (Wildman–Crippen LogP) is -0.0263. The highest BCUT2D eigenvalue weighted by molar-refractivity contribution is 5.81. The van der Waals surface area contributed by atoms with E-state index in [1.54, 1.807) is 0 Å². The number of nitrogens with one attached hydrogen (secondary N) is 1. The van der Waals surface area contributed by atoms with Crippen LogP contribution in [0.3, 0.4) is 0 Å². The van der Waals surface area contributed by atoms with Crippen LogP contribution in [-0.2, 0) is 14.3 Å². The second-order valence-corrected chi connectivity index (χ2v) is 1.58. The number of ether oxygens (including phenoxy) is 1. The third-order valence-electron chi connectivity index (χ3n) is 0.856. The number of hydrogen-bond donors (Lipinski definition) is 1. The molecule has 0 fully saturated rings. The number of hydrogen-bond acceptors (Lipinski definition) is 3. The number of rotatable bonds is 5. The largest absolute Gasteiger partial charge is 0.435 e. The first-order valence-corrected chi connectivity index (χ1v) is 2.90. The molecule has 0 radical (unpaired) electrons. The summed E-state index contributed by atoms with van der Waals surface area (Å²) < 4.78 is 4.57. The summed E-state index contributed by atoms with van der Waals surface area (Å²) in [6.07, 6.45) is 1.93. The van der Waals surface area contributed by atoms with E-state index in [4.69, 9.17) is 0 Å². The average Bonchev–Trinajstić information content (AvgIpc) is 2.03. The van der Waals surface area contributed by atoms with Crippen molar-refractivity contribution in [3.8, 4) is 0 Å². The highest BCUT2D eigenvalue weighted by atomic mass is 16.6. The Hall–Kier alpha value is -1.58. The summed E-state index contributed by atoms with van der Waals surface area (Å²) in [5.41, 5.74) is 0. The lowest BCUT2D eigenvalue weighted by Crippen LogP contribution is -2.30. The van der Waals surface area contributed by atoms with Crippen molar-refractivity contribution in [2.75, 3.05) is 0 Å². The van der Waals surface area contributed by atoms with Crippen molar-refractivity contribution in [1.29, 1.82) is 0 Å². The molecule has 1 amide bonds. The molecule has 1 unspecified atom stereocenters. The number of carbonyl (C=O) groups excluding carboxylic acids is 2. The molecule has 4 nitrogen and oxygen atoms in total. The van der Waals surface area contributed by atoms with Crippen molar-refractivity contribution in [3.05, 3.63) is 25.3 Å². The summed E-state index contributed by atoms with van der Waals surface area (Å²) in [7, 11) is 0. The van der Waals surface area contributed by atoms with Crippen LogP contribution in [-0.4, -0.2) is 18.6 Å². The molecule has 0 aliphatic heterocycles. The fraction of sp³-hybridized carbons (Fsp3) is 0.143. The van der Waals surface area contributed by atoms with E-state index in [0.29, 0.717) is 6.41 Å². The molecule has 0 saturated carbocycles. The van der Waals surface area contributed by atoms with Crippen molar-refractivity contribution < 1.29 is 14.3 Å². The molecule has 0 spiro atoms. The van der Waals surface area contributed by atoms with Crippen molar-refractivity contribution in [2.24, 2.45) is 0 Å². The summed E-state index contributed by atoms with van der Waals surface area (Å²) in [5, 5.41) is 2.21. The second kappa shape index (κ2) is 5.22. The molecule has 0 aromatic carbocycles. The van der Waals surface area contributed by atoms with Crippen molar-refractivity contribution >= 4 is 12.4 Å². The van der Waals surface area contributed by atoms with Gasteiger partial charge >= 0.3 is 5.97 Å². The molecule has 4 heteroatoms. The molecule has 0 aliphatic rings. The fourth-order valence-corrected chi connectivity index (χ4v) is 0.390. The minimum atomic E-state index is -0.780. The van der Waals surface area contributed by atoms with Crippen LogP contribution in [0.4, 0.5) is 0 Å². The van der Waals surface area contributed by atoms with Crippen LogP contribution in [0, 0.1) is 0 Å². The van der Waals surface area contributed by atoms with Crippen LogP contribution in [0.2, 0.25) is 0 Å². The zero-order valence-corrected chi connectivity index (χ0v) is 5.95. The van der Waals surface area contributed by atoms with Gasteiger partial charge in [-0.2, -0.15) is 0 Å². The first-order valence-electron chi connectivity index (χ1n) is 2.90. The van der Waals surface area contributed by atoms with Crippen LogP contribution in [0.5, 0.6) is 0 Å². The van der Waals surface area contributed by atoms with Crippen molar-refractivity contribution in [1.82, 2.24) is 5.32 Å². The summed E-state index contributed by atoms with van der Waals surface area (Å²) in [5.74, 6) is -0.607. The van der Waals surface area contributed by atoms with Gasteiger partial charge in [-0.15, -0.1) is 0 Å². The number of esters is 1. The van der Waals surface area contributed by atoms with Gasteiger partial charge in [-0.05, 0) is 6.08 Å². The van der Waals surface area contributed by atoms with Gasteiger partial charge in [-0.3, -0.25) is 4.79 Å². The Kier molecular flexibility index (Phi) is 4.47. The fourth-order valence-electron chi connectivity index (χ4n) is 0.390. The van der Waals surface area contributed by atoms with Gasteiger partial charge in [0.25, 0.3) is 0 Å². The minimum absolute atomic E-state index is 0.419. The van der Waals surface area contributed by atoms with Gasteiger partial charge in [0.15, 0.2) is 6.23 Å². The van der Waals surface area contributed by atoms with Crippen LogP contribution in [0.25, 0.3) is 0 Å². The molecular weight excluding hydrogens is 146 g/mol. The molecule has 60 valence electrons. The maximum absolute atomic E-state index is 10.5. The summed E-state index contributed by atoms with van der Waals surface area (Å²) in [4.78, 5) is 20.4. The van der Waals surface area contributed by atoms with Crippen LogP contribution in [0.1, 0.15) is 0 Å². The molecule has 1 atom stereocenters. The van der Waals surface area contributed by atoms with Crippen molar-refractivity contribution in [2.45, 2.75) is 6.23 Å². The molecule has 0 saturated heterocycles. The average molecular weight is 155 g/mol. The van der Waals surface area contributed by atoms with Crippen LogP contribution in [0.15, 0.2) is 25.3 Å². The maximum atomic E-state index is 10.5. The number of amides is 1. The van der Waals surface area contributed by atoms with Gasteiger partial charge in [0.2, 0.25) is 6.41 Å². The van der Waals surface area contributed by atoms with E-state index in [-0.39, 0.29) is 0 Å². The summed E-state index contributed by atoms with van der Waals surface area (Å²) in [6, 6.07) is 0. The van der Waals surface area contributed by atoms with Gasteiger partial charge in [0, 0.05) is 6.08 Å². The van der Waals surface area contributed by atoms with Gasteiger partial charge in [-0.1, -0.05) is 13.2 Å². The standard InChI is InChI=1S/C7H9NO3/c1-3-6(8-5-9)11-7(10)4-2/h3-6H,1-2H2,(H,8,9). The molecule has 0 aromatic heterocycles. The minimum Gasteiger partial charge on any atom is -0.435 e. The second-order valence-electron chi connectivity index (χ2n) is 1.58. The lowest BCUT2D eigenvalue weighted by molar-refractivity contribution is -0.142. The number of carbonyl (C=O) groups is 2. The SMILES string of the molecule is C=CC(=O)OC(C=C)NC=O. The monoisotopic (exact) mass is 155 g/mol. The predicted molar refractivity (Wildman–Crippen MR) is 39.5 cm³/mol. The van der Waals surface area contributed by atoms with Crippen molar-refractivity contribution in [3.63, 3.8) is 0 Å². The van der Waals surface area contributed by atoms with Gasteiger partial charge < -0.3 is 10.1 Å². The van der Waals surface area contributed by atoms with E-state index in [9.17, 15) is 9.59 Å². The Morgan fingerprint density at radius 2 is 2.18 bits per heavy atom. The lowest BCUT2D eigenvalue weighted by atomic mass is 10.5. The van der Waals surface area contributed by atoms with Crippen LogP contribution >= 0.6 is 0 Å².